The number of nitrogens with two attached hydrogens (primary N) is 1. The van der Waals surface area contributed by atoms with E-state index in [1.165, 1.54) is 0 Å². The molecule has 0 aliphatic heterocycles. The predicted octanol–water partition coefficient (Wildman–Crippen LogP) is 3.30. The van der Waals surface area contributed by atoms with Gasteiger partial charge in [0.25, 0.3) is 5.91 Å². The molecule has 6 N–H and O–H groups in total. The first kappa shape index (κ1) is 39.6. The van der Waals surface area contributed by atoms with Gasteiger partial charge in [-0.3, -0.25) is 14.4 Å². The van der Waals surface area contributed by atoms with Crippen molar-refractivity contribution in [2.45, 2.75) is 78.4 Å². The van der Waals surface area contributed by atoms with E-state index in [0.717, 1.165) is 12.8 Å². The minimum Gasteiger partial charge on any atom is -0.493 e. The number of hydrogen-bond acceptors (Lipinski definition) is 7. The number of aliphatic hydroxyl groups excluding tert-OH is 1. The Labute approximate surface area is 258 Å². The molecule has 10 nitrogen and oxygen atoms in total. The molecule has 4 unspecified atom stereocenters. The van der Waals surface area contributed by atoms with E-state index in [0.29, 0.717) is 56.9 Å². The Morgan fingerprint density at radius 3 is 2.24 bits per heavy atom. The van der Waals surface area contributed by atoms with Gasteiger partial charge in [0, 0.05) is 52.2 Å². The lowest BCUT2D eigenvalue weighted by Crippen LogP contribution is -2.44. The zero-order valence-electron chi connectivity index (χ0n) is 26.3. The zero-order valence-corrected chi connectivity index (χ0v) is 27.1. The molecule has 0 bridgehead atoms. The number of methoxy groups -OCH3 is 1. The fourth-order valence-corrected chi connectivity index (χ4v) is 4.56. The van der Waals surface area contributed by atoms with E-state index in [9.17, 15) is 19.5 Å². The highest BCUT2D eigenvalue weighted by atomic mass is 35.5. The maximum absolute atomic E-state index is 13.0. The molecule has 0 aliphatic rings. The number of para-hydroxylation sites is 1. The molecule has 0 aliphatic carbocycles. The number of rotatable bonds is 21. The molecule has 242 valence electrons. The lowest BCUT2D eigenvalue weighted by Gasteiger charge is -2.30. The van der Waals surface area contributed by atoms with E-state index in [-0.39, 0.29) is 54.3 Å². The van der Waals surface area contributed by atoms with Crippen molar-refractivity contribution in [3.8, 4) is 5.75 Å². The molecule has 3 amide bonds. The number of ether oxygens (including phenoxy) is 2. The topological polar surface area (TPSA) is 152 Å². The first-order valence-electron chi connectivity index (χ1n) is 14.9. The number of amides is 3. The van der Waals surface area contributed by atoms with Gasteiger partial charge in [0.2, 0.25) is 11.8 Å². The monoisotopic (exact) mass is 614 g/mol. The molecule has 0 saturated carbocycles. The van der Waals surface area contributed by atoms with Gasteiger partial charge in [0.05, 0.1) is 18.3 Å². The van der Waals surface area contributed by atoms with Crippen molar-refractivity contribution in [1.29, 1.82) is 0 Å². The average Bonchev–Trinajstić information content (AvgIpc) is 2.95. The van der Waals surface area contributed by atoms with E-state index >= 15 is 0 Å². The van der Waals surface area contributed by atoms with Gasteiger partial charge in [-0.15, -0.1) is 12.4 Å². The molecule has 42 heavy (non-hydrogen) atoms. The molecule has 11 heteroatoms. The van der Waals surface area contributed by atoms with Gasteiger partial charge in [0.1, 0.15) is 5.75 Å². The van der Waals surface area contributed by atoms with Crippen molar-refractivity contribution in [2.24, 2.45) is 29.4 Å². The number of hydrogen-bond donors (Lipinski definition) is 5. The molecule has 0 heterocycles. The number of unbranched alkanes of at least 4 members (excludes halogenated alkanes) is 1. The Hall–Kier alpha value is -2.40. The van der Waals surface area contributed by atoms with Crippen molar-refractivity contribution < 1.29 is 29.0 Å². The highest BCUT2D eigenvalue weighted by Crippen LogP contribution is 2.24. The summed E-state index contributed by atoms with van der Waals surface area (Å²) in [7, 11) is 3.25. The minimum absolute atomic E-state index is 0. The Kier molecular flexibility index (Phi) is 20.9. The maximum atomic E-state index is 13.0. The Morgan fingerprint density at radius 1 is 0.952 bits per heavy atom. The number of aliphatic hydroxyl groups is 1. The van der Waals surface area contributed by atoms with Gasteiger partial charge in [0.15, 0.2) is 0 Å². The molecule has 1 rings (SSSR count). The van der Waals surface area contributed by atoms with Crippen molar-refractivity contribution >= 4 is 30.1 Å². The summed E-state index contributed by atoms with van der Waals surface area (Å²) in [6.07, 6.45) is 2.47. The third-order valence-corrected chi connectivity index (χ3v) is 7.46. The SMILES string of the molecule is CNC(=O)CCCNC(=O)C(CC(O)C(N)CC(CNC(=O)c1ccccc1OCCCCOC)C(C)C)C(C)C.Cl. The fourth-order valence-electron chi connectivity index (χ4n) is 4.56. The van der Waals surface area contributed by atoms with E-state index in [1.54, 1.807) is 26.3 Å². The summed E-state index contributed by atoms with van der Waals surface area (Å²) in [6.45, 7) is 9.99. The molecular formula is C31H55ClN4O6. The van der Waals surface area contributed by atoms with Crippen LogP contribution in [-0.2, 0) is 14.3 Å². The summed E-state index contributed by atoms with van der Waals surface area (Å²) in [5.74, 6) is -0.0317. The van der Waals surface area contributed by atoms with Crippen LogP contribution in [0, 0.1) is 23.7 Å². The highest BCUT2D eigenvalue weighted by molar-refractivity contribution is 5.96. The summed E-state index contributed by atoms with van der Waals surface area (Å²) in [5.41, 5.74) is 6.92. The second kappa shape index (κ2) is 22.2. The first-order chi connectivity index (χ1) is 19.5. The molecule has 0 aromatic heterocycles. The summed E-state index contributed by atoms with van der Waals surface area (Å²) in [6, 6.07) is 6.64. The van der Waals surface area contributed by atoms with Gasteiger partial charge < -0.3 is 36.3 Å². The van der Waals surface area contributed by atoms with Crippen LogP contribution in [0.2, 0.25) is 0 Å². The third kappa shape index (κ3) is 15.2. The van der Waals surface area contributed by atoms with Gasteiger partial charge in [-0.05, 0) is 62.0 Å². The molecule has 0 fully saturated rings. The Bertz CT molecular complexity index is 917. The van der Waals surface area contributed by atoms with Crippen LogP contribution in [0.3, 0.4) is 0 Å². The molecule has 1 aromatic rings. The lowest BCUT2D eigenvalue weighted by molar-refractivity contribution is -0.128. The zero-order chi connectivity index (χ0) is 30.8. The quantitative estimate of drug-likeness (QED) is 0.133. The molecule has 4 atom stereocenters. The standard InChI is InChI=1S/C31H54N4O6.ClH/c1-21(2)23(20-35-30(38)24-12-7-8-13-28(24)41-17-10-9-16-40-6)18-26(32)27(36)19-25(22(3)4)31(39)34-15-11-14-29(37)33-5;/h7-8,12-13,21-23,25-27,36H,9-11,14-20,32H2,1-6H3,(H,33,37)(H,34,39)(H,35,38);1H. The third-order valence-electron chi connectivity index (χ3n) is 7.46. The van der Waals surface area contributed by atoms with Crippen molar-refractivity contribution in [3.05, 3.63) is 29.8 Å². The molecule has 1 aromatic carbocycles. The number of carbonyl (C=O) groups is 3. The normalized spacial score (nSPS) is 14.0. The second-order valence-electron chi connectivity index (χ2n) is 11.4. The van der Waals surface area contributed by atoms with Crippen molar-refractivity contribution in [3.63, 3.8) is 0 Å². The van der Waals surface area contributed by atoms with Crippen molar-refractivity contribution in [2.75, 3.05) is 40.5 Å². The maximum Gasteiger partial charge on any atom is 0.255 e. The first-order valence-corrected chi connectivity index (χ1v) is 14.9. The van der Waals surface area contributed by atoms with Crippen LogP contribution in [-0.4, -0.2) is 75.4 Å². The summed E-state index contributed by atoms with van der Waals surface area (Å²) in [4.78, 5) is 37.2. The Balaban J connectivity index is 0.0000168. The molecule has 0 radical (unpaired) electrons. The highest BCUT2D eigenvalue weighted by Gasteiger charge is 2.30. The number of carbonyl (C=O) groups excluding carboxylic acids is 3. The van der Waals surface area contributed by atoms with Crippen LogP contribution in [0.1, 0.15) is 76.6 Å². The van der Waals surface area contributed by atoms with Crippen LogP contribution in [0.25, 0.3) is 0 Å². The van der Waals surface area contributed by atoms with Gasteiger partial charge in [-0.25, -0.2) is 0 Å². The van der Waals surface area contributed by atoms with Crippen molar-refractivity contribution in [1.82, 2.24) is 16.0 Å². The van der Waals surface area contributed by atoms with Gasteiger partial charge >= 0.3 is 0 Å². The number of halogens is 1. The smallest absolute Gasteiger partial charge is 0.255 e. The molecular weight excluding hydrogens is 560 g/mol. The van der Waals surface area contributed by atoms with Crippen LogP contribution in [0.15, 0.2) is 24.3 Å². The predicted molar refractivity (Wildman–Crippen MR) is 169 cm³/mol. The number of nitrogens with one attached hydrogen (secondary N) is 3. The van der Waals surface area contributed by atoms with Crippen LogP contribution >= 0.6 is 12.4 Å². The van der Waals surface area contributed by atoms with E-state index in [2.05, 4.69) is 29.8 Å². The van der Waals surface area contributed by atoms with Gasteiger partial charge in [-0.2, -0.15) is 0 Å². The van der Waals surface area contributed by atoms with E-state index < -0.39 is 18.1 Å². The van der Waals surface area contributed by atoms with E-state index in [4.69, 9.17) is 15.2 Å². The van der Waals surface area contributed by atoms with Gasteiger partial charge in [-0.1, -0.05) is 39.8 Å². The minimum atomic E-state index is -0.872. The number of benzene rings is 1. The molecule has 0 spiro atoms. The lowest BCUT2D eigenvalue weighted by atomic mass is 9.83. The summed E-state index contributed by atoms with van der Waals surface area (Å²) >= 11 is 0. The Morgan fingerprint density at radius 2 is 1.62 bits per heavy atom. The van der Waals surface area contributed by atoms with E-state index in [1.807, 2.05) is 26.0 Å². The van der Waals surface area contributed by atoms with Crippen LogP contribution in [0.5, 0.6) is 5.75 Å². The average molecular weight is 615 g/mol. The fraction of sp³-hybridized carbons (Fsp3) is 0.710. The summed E-state index contributed by atoms with van der Waals surface area (Å²) in [5, 5.41) is 19.4. The summed E-state index contributed by atoms with van der Waals surface area (Å²) < 4.78 is 10.9. The van der Waals surface area contributed by atoms with Crippen LogP contribution in [0.4, 0.5) is 0 Å². The molecule has 0 saturated heterocycles. The largest absolute Gasteiger partial charge is 0.493 e. The second-order valence-corrected chi connectivity index (χ2v) is 11.4. The van der Waals surface area contributed by atoms with Crippen LogP contribution < -0.4 is 26.4 Å².